The molecule has 5 rings (SSSR count). The number of unbranched alkanes of at least 4 members (excludes halogenated alkanes) is 1. The molecular formula is C26H35N5OS. The molecular weight excluding hydrogens is 430 g/mol. The van der Waals surface area contributed by atoms with Crippen LogP contribution in [0.2, 0.25) is 0 Å². The normalized spacial score (nSPS) is 21.7. The van der Waals surface area contributed by atoms with Crippen molar-refractivity contribution in [3.05, 3.63) is 47.1 Å². The van der Waals surface area contributed by atoms with E-state index >= 15 is 0 Å². The predicted molar refractivity (Wildman–Crippen MR) is 137 cm³/mol. The third-order valence-electron chi connectivity index (χ3n) is 7.48. The number of nitrogens with zero attached hydrogens (tertiary/aromatic N) is 3. The molecule has 2 aliphatic heterocycles. The van der Waals surface area contributed by atoms with Crippen LogP contribution in [-0.2, 0) is 6.42 Å². The van der Waals surface area contributed by atoms with Crippen LogP contribution in [0.5, 0.6) is 0 Å². The molecule has 6 nitrogen and oxygen atoms in total. The third kappa shape index (κ3) is 4.86. The minimum atomic E-state index is 0.149. The fourth-order valence-electron chi connectivity index (χ4n) is 5.43. The first-order valence-electron chi connectivity index (χ1n) is 12.4. The number of piperazine rings is 1. The third-order valence-corrected chi connectivity index (χ3v) is 8.58. The van der Waals surface area contributed by atoms with E-state index < -0.39 is 0 Å². The zero-order chi connectivity index (χ0) is 22.8. The summed E-state index contributed by atoms with van der Waals surface area (Å²) in [5.41, 5.74) is 2.49. The second kappa shape index (κ2) is 9.95. The summed E-state index contributed by atoms with van der Waals surface area (Å²) >= 11 is 1.56. The lowest BCUT2D eigenvalue weighted by Crippen LogP contribution is -2.51. The van der Waals surface area contributed by atoms with E-state index in [1.165, 1.54) is 29.3 Å². The highest BCUT2D eigenvalue weighted by atomic mass is 32.1. The Morgan fingerprint density at radius 3 is 2.85 bits per heavy atom. The van der Waals surface area contributed by atoms with E-state index in [2.05, 4.69) is 69.5 Å². The molecule has 0 spiro atoms. The van der Waals surface area contributed by atoms with Gasteiger partial charge in [-0.2, -0.15) is 0 Å². The minimum absolute atomic E-state index is 0.149. The number of likely N-dealkylation sites (N-methyl/N-ethyl adjacent to an activating group) is 1. The molecule has 0 aliphatic carbocycles. The maximum absolute atomic E-state index is 13.0. The average Bonchev–Trinajstić information content (AvgIpc) is 3.52. The summed E-state index contributed by atoms with van der Waals surface area (Å²) in [6.45, 7) is 4.63. The van der Waals surface area contributed by atoms with E-state index in [4.69, 9.17) is 0 Å². The molecule has 7 heteroatoms. The molecule has 2 aromatic heterocycles. The number of fused-ring (bicyclic) bond motifs is 3. The zero-order valence-corrected chi connectivity index (χ0v) is 20.5. The Morgan fingerprint density at radius 1 is 1.27 bits per heavy atom. The van der Waals surface area contributed by atoms with Crippen LogP contribution in [-0.4, -0.2) is 65.5 Å². The van der Waals surface area contributed by atoms with Crippen molar-refractivity contribution in [2.75, 3.05) is 31.6 Å². The van der Waals surface area contributed by atoms with Crippen LogP contribution in [0.15, 0.2) is 36.7 Å². The van der Waals surface area contributed by atoms with Gasteiger partial charge in [0.15, 0.2) is 10.9 Å². The van der Waals surface area contributed by atoms with E-state index in [1.54, 1.807) is 17.5 Å². The van der Waals surface area contributed by atoms with Gasteiger partial charge in [0.1, 0.15) is 0 Å². The summed E-state index contributed by atoms with van der Waals surface area (Å²) in [6.07, 6.45) is 10.8. The molecule has 1 aromatic carbocycles. The van der Waals surface area contributed by atoms with Crippen LogP contribution < -0.4 is 10.2 Å². The molecule has 0 saturated carbocycles. The highest BCUT2D eigenvalue weighted by Gasteiger charge is 2.38. The highest BCUT2D eigenvalue weighted by molar-refractivity contribution is 7.17. The Balaban J connectivity index is 1.20. The monoisotopic (exact) mass is 465 g/mol. The van der Waals surface area contributed by atoms with Crippen LogP contribution >= 0.6 is 11.3 Å². The van der Waals surface area contributed by atoms with Crippen LogP contribution in [0.1, 0.15) is 54.3 Å². The molecule has 3 unspecified atom stereocenters. The van der Waals surface area contributed by atoms with Crippen molar-refractivity contribution in [3.63, 3.8) is 0 Å². The van der Waals surface area contributed by atoms with Gasteiger partial charge in [0, 0.05) is 48.3 Å². The van der Waals surface area contributed by atoms with Crippen molar-refractivity contribution in [1.82, 2.24) is 20.2 Å². The molecule has 3 aromatic rings. The lowest BCUT2D eigenvalue weighted by atomic mass is 10.0. The second-order valence-corrected chi connectivity index (χ2v) is 10.7. The number of carbonyl (C=O) groups excluding carboxylic acids is 1. The van der Waals surface area contributed by atoms with Crippen molar-refractivity contribution in [2.24, 2.45) is 0 Å². The van der Waals surface area contributed by atoms with Gasteiger partial charge in [0.05, 0.1) is 17.6 Å². The number of nitrogens with one attached hydrogen (secondary N) is 2. The number of aromatic nitrogens is 2. The molecule has 176 valence electrons. The zero-order valence-electron chi connectivity index (χ0n) is 19.7. The van der Waals surface area contributed by atoms with Crippen molar-refractivity contribution >= 4 is 33.2 Å². The smallest absolute Gasteiger partial charge is 0.188 e. The summed E-state index contributed by atoms with van der Waals surface area (Å²) in [5, 5.41) is 5.85. The van der Waals surface area contributed by atoms with E-state index in [1.807, 2.05) is 0 Å². The van der Waals surface area contributed by atoms with Crippen molar-refractivity contribution < 1.29 is 4.79 Å². The lowest BCUT2D eigenvalue weighted by molar-refractivity contribution is 0.0990. The molecule has 2 aliphatic rings. The lowest BCUT2D eigenvalue weighted by Gasteiger charge is -2.38. The van der Waals surface area contributed by atoms with Crippen molar-refractivity contribution in [3.8, 4) is 0 Å². The number of aromatic amines is 1. The molecule has 0 amide bonds. The quantitative estimate of drug-likeness (QED) is 0.432. The van der Waals surface area contributed by atoms with Gasteiger partial charge in [0.2, 0.25) is 0 Å². The average molecular weight is 466 g/mol. The maximum Gasteiger partial charge on any atom is 0.188 e. The van der Waals surface area contributed by atoms with Gasteiger partial charge < -0.3 is 15.2 Å². The molecule has 2 N–H and O–H groups in total. The number of carbonyl (C=O) groups is 1. The van der Waals surface area contributed by atoms with Crippen LogP contribution in [0.25, 0.3) is 10.9 Å². The summed E-state index contributed by atoms with van der Waals surface area (Å²) in [5.74, 6) is 0.149. The minimum Gasteiger partial charge on any atom is -0.361 e. The van der Waals surface area contributed by atoms with Crippen molar-refractivity contribution in [2.45, 2.75) is 63.6 Å². The molecule has 2 bridgehead atoms. The number of hydrogen-bond donors (Lipinski definition) is 2. The Hall–Kier alpha value is -2.22. The summed E-state index contributed by atoms with van der Waals surface area (Å²) in [7, 11) is 2.24. The van der Waals surface area contributed by atoms with Crippen LogP contribution in [0, 0.1) is 0 Å². The Kier molecular flexibility index (Phi) is 6.81. The number of hydrogen-bond acceptors (Lipinski definition) is 6. The fourth-order valence-corrected chi connectivity index (χ4v) is 6.30. The van der Waals surface area contributed by atoms with Gasteiger partial charge in [-0.1, -0.05) is 49.3 Å². The maximum atomic E-state index is 13.0. The largest absolute Gasteiger partial charge is 0.361 e. The van der Waals surface area contributed by atoms with Crippen LogP contribution in [0.3, 0.4) is 0 Å². The molecule has 2 fully saturated rings. The number of thiazole rings is 1. The SMILES string of the molecule is CCCCC(Cc1c[nH]c2ccccc12)NCC(=O)c1cnc(N2CC3CCC(C2)N3C)s1. The summed E-state index contributed by atoms with van der Waals surface area (Å²) in [6, 6.07) is 9.97. The first kappa shape index (κ1) is 22.6. The molecule has 3 atom stereocenters. The first-order valence-corrected chi connectivity index (χ1v) is 13.2. The van der Waals surface area contributed by atoms with Gasteiger partial charge in [0.25, 0.3) is 0 Å². The number of anilines is 1. The van der Waals surface area contributed by atoms with Gasteiger partial charge in [-0.25, -0.2) is 4.98 Å². The molecule has 0 radical (unpaired) electrons. The van der Waals surface area contributed by atoms with Gasteiger partial charge in [-0.3, -0.25) is 9.69 Å². The fraction of sp³-hybridized carbons (Fsp3) is 0.538. The van der Waals surface area contributed by atoms with E-state index in [0.29, 0.717) is 18.6 Å². The predicted octanol–water partition coefficient (Wildman–Crippen LogP) is 4.48. The van der Waals surface area contributed by atoms with E-state index in [-0.39, 0.29) is 11.8 Å². The first-order chi connectivity index (χ1) is 16.1. The summed E-state index contributed by atoms with van der Waals surface area (Å²) in [4.78, 5) is 26.7. The number of para-hydroxylation sites is 1. The van der Waals surface area contributed by atoms with Crippen molar-refractivity contribution in [1.29, 1.82) is 0 Å². The number of rotatable bonds is 10. The Labute approximate surface area is 200 Å². The number of ketones is 1. The van der Waals surface area contributed by atoms with E-state index in [0.717, 1.165) is 48.8 Å². The molecule has 4 heterocycles. The number of H-pyrrole nitrogens is 1. The van der Waals surface area contributed by atoms with E-state index in [9.17, 15) is 4.79 Å². The van der Waals surface area contributed by atoms with Gasteiger partial charge in [-0.15, -0.1) is 0 Å². The molecule has 33 heavy (non-hydrogen) atoms. The number of benzene rings is 1. The topological polar surface area (TPSA) is 64.3 Å². The Morgan fingerprint density at radius 2 is 2.06 bits per heavy atom. The standard InChI is InChI=1S/C26H35N5OS/c1-3-4-7-19(12-18-13-28-23-9-6-5-8-22(18)23)27-14-24(32)25-15-29-26(33-25)31-16-20-10-11-21(17-31)30(20)2/h5-6,8-9,13,15,19-21,27-28H,3-4,7,10-12,14,16-17H2,1-2H3. The highest BCUT2D eigenvalue weighted by Crippen LogP contribution is 2.33. The van der Waals surface area contributed by atoms with Gasteiger partial charge in [-0.05, 0) is 44.4 Å². The van der Waals surface area contributed by atoms with Gasteiger partial charge >= 0.3 is 0 Å². The second-order valence-electron chi connectivity index (χ2n) is 9.67. The van der Waals surface area contributed by atoms with Crippen LogP contribution in [0.4, 0.5) is 5.13 Å². The molecule has 2 saturated heterocycles. The Bertz CT molecular complexity index is 1080. The summed E-state index contributed by atoms with van der Waals surface area (Å²) < 4.78 is 0. The number of Topliss-reactive ketones (excluding diaryl/α,β-unsaturated/α-hetero) is 1.